The number of nitriles is 1. The third-order valence-electron chi connectivity index (χ3n) is 1.72. The number of Topliss-reactive ketones (excluding diaryl/α,β-unsaturated/α-hetero) is 1. The summed E-state index contributed by atoms with van der Waals surface area (Å²) in [4.78, 5) is 11.5. The number of hydrogen-bond acceptors (Lipinski definition) is 3. The standard InChI is InChI=1S/C10H8ClNO2/c1-14-9(6-12)10(13)7-2-4-8(11)5-3-7/h2-5,9H,1H3. The van der Waals surface area contributed by atoms with Gasteiger partial charge in [-0.2, -0.15) is 5.26 Å². The van der Waals surface area contributed by atoms with Crippen molar-refractivity contribution in [2.24, 2.45) is 0 Å². The maximum absolute atomic E-state index is 11.5. The maximum Gasteiger partial charge on any atom is 0.206 e. The van der Waals surface area contributed by atoms with E-state index in [-0.39, 0.29) is 5.78 Å². The Bertz CT molecular complexity index is 367. The van der Waals surface area contributed by atoms with Gasteiger partial charge in [-0.3, -0.25) is 4.79 Å². The Hall–Kier alpha value is -1.37. The summed E-state index contributed by atoms with van der Waals surface area (Å²) in [6.45, 7) is 0. The highest BCUT2D eigenvalue weighted by atomic mass is 35.5. The predicted molar refractivity (Wildman–Crippen MR) is 52.2 cm³/mol. The molecular formula is C10H8ClNO2. The lowest BCUT2D eigenvalue weighted by Gasteiger charge is -2.05. The predicted octanol–water partition coefficient (Wildman–Crippen LogP) is 2.06. The summed E-state index contributed by atoms with van der Waals surface area (Å²) >= 11 is 5.66. The Balaban J connectivity index is 2.90. The van der Waals surface area contributed by atoms with Crippen LogP contribution >= 0.6 is 11.6 Å². The first-order valence-electron chi connectivity index (χ1n) is 3.91. The third-order valence-corrected chi connectivity index (χ3v) is 1.97. The van der Waals surface area contributed by atoms with Crippen LogP contribution in [0.4, 0.5) is 0 Å². The molecule has 4 heteroatoms. The van der Waals surface area contributed by atoms with Crippen LogP contribution in [0.1, 0.15) is 10.4 Å². The van der Waals surface area contributed by atoms with E-state index >= 15 is 0 Å². The minimum absolute atomic E-state index is 0.355. The van der Waals surface area contributed by atoms with Crippen LogP contribution in [-0.2, 0) is 4.74 Å². The van der Waals surface area contributed by atoms with E-state index in [9.17, 15) is 4.79 Å². The molecule has 0 aromatic heterocycles. The van der Waals surface area contributed by atoms with E-state index in [0.717, 1.165) is 0 Å². The van der Waals surface area contributed by atoms with E-state index in [1.165, 1.54) is 7.11 Å². The van der Waals surface area contributed by atoms with Gasteiger partial charge in [-0.05, 0) is 24.3 Å². The number of ether oxygens (including phenoxy) is 1. The average molecular weight is 210 g/mol. The molecule has 0 N–H and O–H groups in total. The fourth-order valence-electron chi connectivity index (χ4n) is 0.984. The molecule has 0 fully saturated rings. The Kier molecular flexibility index (Phi) is 3.63. The summed E-state index contributed by atoms with van der Waals surface area (Å²) in [5.74, 6) is -0.355. The molecule has 0 saturated heterocycles. The topological polar surface area (TPSA) is 50.1 Å². The zero-order valence-corrected chi connectivity index (χ0v) is 8.28. The van der Waals surface area contributed by atoms with Gasteiger partial charge in [0.2, 0.25) is 11.9 Å². The van der Waals surface area contributed by atoms with Crippen molar-refractivity contribution in [3.63, 3.8) is 0 Å². The molecule has 0 amide bonds. The van der Waals surface area contributed by atoms with Gasteiger partial charge in [0, 0.05) is 17.7 Å². The van der Waals surface area contributed by atoms with Gasteiger partial charge in [0.25, 0.3) is 0 Å². The zero-order valence-electron chi connectivity index (χ0n) is 7.53. The normalized spacial score (nSPS) is 11.8. The summed E-state index contributed by atoms with van der Waals surface area (Å²) in [5.41, 5.74) is 0.419. The van der Waals surface area contributed by atoms with Crippen LogP contribution in [0.15, 0.2) is 24.3 Å². The molecule has 1 aromatic rings. The molecule has 0 aliphatic rings. The van der Waals surface area contributed by atoms with E-state index in [2.05, 4.69) is 0 Å². The average Bonchev–Trinajstić information content (AvgIpc) is 2.20. The first-order chi connectivity index (χ1) is 6.69. The number of benzene rings is 1. The molecule has 14 heavy (non-hydrogen) atoms. The summed E-state index contributed by atoms with van der Waals surface area (Å²) in [6, 6.07) is 8.08. The Labute approximate surface area is 86.9 Å². The number of ketones is 1. The van der Waals surface area contributed by atoms with Crippen LogP contribution in [0.5, 0.6) is 0 Å². The smallest absolute Gasteiger partial charge is 0.206 e. The summed E-state index contributed by atoms with van der Waals surface area (Å²) < 4.78 is 4.70. The molecule has 0 radical (unpaired) electrons. The number of carbonyl (C=O) groups excluding carboxylic acids is 1. The second-order valence-corrected chi connectivity index (χ2v) is 3.05. The first kappa shape index (κ1) is 10.7. The lowest BCUT2D eigenvalue weighted by molar-refractivity contribution is 0.0735. The monoisotopic (exact) mass is 209 g/mol. The van der Waals surface area contributed by atoms with E-state index in [0.29, 0.717) is 10.6 Å². The molecule has 0 bridgehead atoms. The van der Waals surface area contributed by atoms with Crippen molar-refractivity contribution in [1.82, 2.24) is 0 Å². The Morgan fingerprint density at radius 1 is 1.50 bits per heavy atom. The van der Waals surface area contributed by atoms with Crippen molar-refractivity contribution in [2.75, 3.05) is 7.11 Å². The van der Waals surface area contributed by atoms with E-state index in [1.54, 1.807) is 30.3 Å². The number of methoxy groups -OCH3 is 1. The molecule has 0 saturated carbocycles. The lowest BCUT2D eigenvalue weighted by Crippen LogP contribution is -2.20. The maximum atomic E-state index is 11.5. The van der Waals surface area contributed by atoms with Crippen LogP contribution in [0.2, 0.25) is 5.02 Å². The van der Waals surface area contributed by atoms with Crippen LogP contribution in [0.3, 0.4) is 0 Å². The largest absolute Gasteiger partial charge is 0.359 e. The van der Waals surface area contributed by atoms with Crippen molar-refractivity contribution in [1.29, 1.82) is 5.26 Å². The third kappa shape index (κ3) is 2.32. The van der Waals surface area contributed by atoms with E-state index in [4.69, 9.17) is 21.6 Å². The molecular weight excluding hydrogens is 202 g/mol. The highest BCUT2D eigenvalue weighted by molar-refractivity contribution is 6.30. The van der Waals surface area contributed by atoms with E-state index in [1.807, 2.05) is 0 Å². The fourth-order valence-corrected chi connectivity index (χ4v) is 1.11. The summed E-state index contributed by atoms with van der Waals surface area (Å²) in [6.07, 6.45) is -1.05. The Morgan fingerprint density at radius 2 is 2.07 bits per heavy atom. The number of nitrogens with zero attached hydrogens (tertiary/aromatic N) is 1. The summed E-state index contributed by atoms with van der Waals surface area (Å²) in [5, 5.41) is 9.14. The molecule has 1 unspecified atom stereocenters. The van der Waals surface area contributed by atoms with Crippen molar-refractivity contribution >= 4 is 17.4 Å². The first-order valence-corrected chi connectivity index (χ1v) is 4.29. The van der Waals surface area contributed by atoms with Gasteiger partial charge >= 0.3 is 0 Å². The van der Waals surface area contributed by atoms with Gasteiger partial charge in [-0.15, -0.1) is 0 Å². The molecule has 72 valence electrons. The molecule has 0 heterocycles. The second kappa shape index (κ2) is 4.75. The van der Waals surface area contributed by atoms with Crippen molar-refractivity contribution < 1.29 is 9.53 Å². The highest BCUT2D eigenvalue weighted by Crippen LogP contribution is 2.11. The second-order valence-electron chi connectivity index (χ2n) is 2.62. The van der Waals surface area contributed by atoms with Crippen LogP contribution in [0, 0.1) is 11.3 Å². The Morgan fingerprint density at radius 3 is 2.50 bits per heavy atom. The van der Waals surface area contributed by atoms with Crippen LogP contribution in [0.25, 0.3) is 0 Å². The number of carbonyl (C=O) groups is 1. The number of halogens is 1. The summed E-state index contributed by atoms with van der Waals surface area (Å²) in [7, 11) is 1.32. The quantitative estimate of drug-likeness (QED) is 0.716. The molecule has 0 aliphatic carbocycles. The van der Waals surface area contributed by atoms with Crippen molar-refractivity contribution in [2.45, 2.75) is 6.10 Å². The van der Waals surface area contributed by atoms with Gasteiger partial charge in [0.15, 0.2) is 0 Å². The molecule has 1 aromatic carbocycles. The van der Waals surface area contributed by atoms with Gasteiger partial charge in [-0.1, -0.05) is 11.6 Å². The lowest BCUT2D eigenvalue weighted by atomic mass is 10.1. The fraction of sp³-hybridized carbons (Fsp3) is 0.200. The van der Waals surface area contributed by atoms with Crippen LogP contribution < -0.4 is 0 Å². The zero-order chi connectivity index (χ0) is 10.6. The molecule has 0 aliphatic heterocycles. The van der Waals surface area contributed by atoms with E-state index < -0.39 is 6.10 Å². The highest BCUT2D eigenvalue weighted by Gasteiger charge is 2.18. The molecule has 1 rings (SSSR count). The van der Waals surface area contributed by atoms with Crippen LogP contribution in [-0.4, -0.2) is 19.0 Å². The number of hydrogen-bond donors (Lipinski definition) is 0. The van der Waals surface area contributed by atoms with Gasteiger partial charge < -0.3 is 4.74 Å². The minimum atomic E-state index is -1.05. The van der Waals surface area contributed by atoms with Crippen molar-refractivity contribution in [3.8, 4) is 6.07 Å². The molecule has 0 spiro atoms. The minimum Gasteiger partial charge on any atom is -0.359 e. The molecule has 3 nitrogen and oxygen atoms in total. The van der Waals surface area contributed by atoms with Gasteiger partial charge in [-0.25, -0.2) is 0 Å². The SMILES string of the molecule is COC(C#N)C(=O)c1ccc(Cl)cc1. The number of rotatable bonds is 3. The van der Waals surface area contributed by atoms with Crippen molar-refractivity contribution in [3.05, 3.63) is 34.9 Å². The van der Waals surface area contributed by atoms with Gasteiger partial charge in [0.1, 0.15) is 6.07 Å². The molecule has 1 atom stereocenters. The van der Waals surface area contributed by atoms with Gasteiger partial charge in [0.05, 0.1) is 0 Å².